The minimum absolute atomic E-state index is 0.255. The van der Waals surface area contributed by atoms with Gasteiger partial charge in [-0.15, -0.1) is 0 Å². The molecule has 0 bridgehead atoms. The molecule has 5 nitrogen and oxygen atoms in total. The lowest BCUT2D eigenvalue weighted by Crippen LogP contribution is -2.27. The molecule has 0 spiro atoms. The van der Waals surface area contributed by atoms with Crippen LogP contribution in [0.2, 0.25) is 0 Å². The van der Waals surface area contributed by atoms with Crippen molar-refractivity contribution in [1.82, 2.24) is 0 Å². The van der Waals surface area contributed by atoms with E-state index < -0.39 is 21.4 Å². The molecule has 0 saturated heterocycles. The van der Waals surface area contributed by atoms with Crippen LogP contribution in [-0.4, -0.2) is 26.4 Å². The molecular weight excluding hydrogens is 486 g/mol. The molecule has 0 N–H and O–H groups in total. The van der Waals surface area contributed by atoms with E-state index in [1.165, 1.54) is 37.5 Å². The average Bonchev–Trinajstić information content (AvgIpc) is 2.53. The zero-order valence-electron chi connectivity index (χ0n) is 14.2. The Kier molecular flexibility index (Phi) is 9.14. The summed E-state index contributed by atoms with van der Waals surface area (Å²) in [5, 5.41) is 11.7. The van der Waals surface area contributed by atoms with E-state index >= 15 is 0 Å². The molecule has 0 aliphatic heterocycles. The minimum atomic E-state index is -5.85. The van der Waals surface area contributed by atoms with Gasteiger partial charge >= 0.3 is 15.5 Å². The maximum atomic E-state index is 12.3. The van der Waals surface area contributed by atoms with Gasteiger partial charge in [-0.1, -0.05) is 45.1 Å². The highest BCUT2D eigenvalue weighted by atomic mass is 127. The fourth-order valence-electron chi connectivity index (χ4n) is 2.03. The number of rotatable bonds is 10. The fraction of sp³-hybridized carbons (Fsp3) is 0.562. The van der Waals surface area contributed by atoms with Gasteiger partial charge in [-0.05, 0) is 46.7 Å². The molecular formula is C16H20F3INO4S-. The average molecular weight is 506 g/mol. The molecule has 1 rings (SSSR count). The Labute approximate surface area is 164 Å². The maximum Gasteiger partial charge on any atom is 0.518 e. The molecule has 0 aliphatic carbocycles. The third kappa shape index (κ3) is 7.29. The second-order valence-corrected chi connectivity index (χ2v) is 8.34. The summed E-state index contributed by atoms with van der Waals surface area (Å²) in [4.78, 5) is 0. The van der Waals surface area contributed by atoms with Crippen molar-refractivity contribution < 1.29 is 31.4 Å². The van der Waals surface area contributed by atoms with Gasteiger partial charge in [-0.3, -0.25) is 0 Å². The molecule has 10 heteroatoms. The summed E-state index contributed by atoms with van der Waals surface area (Å²) < 4.78 is 67.0. The molecule has 0 fully saturated rings. The second kappa shape index (κ2) is 10.3. The zero-order chi connectivity index (χ0) is 19.8. The van der Waals surface area contributed by atoms with Crippen LogP contribution < -0.4 is 9.84 Å². The van der Waals surface area contributed by atoms with E-state index in [1.807, 2.05) is 22.6 Å². The van der Waals surface area contributed by atoms with Crippen molar-refractivity contribution in [3.63, 3.8) is 0 Å². The van der Waals surface area contributed by atoms with Crippen molar-refractivity contribution in [2.75, 3.05) is 6.61 Å². The summed E-state index contributed by atoms with van der Waals surface area (Å²) in [5.74, 6) is -0.989. The number of halogens is 4. The Bertz CT molecular complexity index is 721. The second-order valence-electron chi connectivity index (χ2n) is 5.58. The number of hydrogen-bond donors (Lipinski definition) is 0. The first-order valence-corrected chi connectivity index (χ1v) is 10.6. The standard InChI is InChI=1S/C16H21F3INO4S/c1-2-3-4-5-6-7-10-25-14-9-8-12(11-13(14)20)15(22)21-26(23,24)16(17,18)19/h8-9,11H,2-7,10H2,1H3,(H,21,22)/p-1. The Morgan fingerprint density at radius 1 is 1.19 bits per heavy atom. The number of nitrogens with zero attached hydrogens (tertiary/aromatic N) is 1. The Morgan fingerprint density at radius 3 is 2.38 bits per heavy atom. The number of alkyl halides is 3. The van der Waals surface area contributed by atoms with Crippen molar-refractivity contribution in [3.8, 4) is 5.75 Å². The van der Waals surface area contributed by atoms with Gasteiger partial charge in [0.15, 0.2) is 0 Å². The van der Waals surface area contributed by atoms with Gasteiger partial charge in [0.2, 0.25) is 0 Å². The molecule has 148 valence electrons. The predicted octanol–water partition coefficient (Wildman–Crippen LogP) is 3.99. The maximum absolute atomic E-state index is 12.3. The number of ether oxygens (including phenoxy) is 1. The van der Waals surface area contributed by atoms with E-state index in [0.29, 0.717) is 15.9 Å². The summed E-state index contributed by atoms with van der Waals surface area (Å²) in [7, 11) is -5.85. The van der Waals surface area contributed by atoms with E-state index in [-0.39, 0.29) is 5.56 Å². The number of benzene rings is 1. The monoisotopic (exact) mass is 506 g/mol. The fourth-order valence-corrected chi connectivity index (χ4v) is 3.13. The van der Waals surface area contributed by atoms with Crippen LogP contribution >= 0.6 is 22.6 Å². The van der Waals surface area contributed by atoms with E-state index in [0.717, 1.165) is 19.3 Å². The molecule has 0 amide bonds. The number of sulfonamides is 1. The highest BCUT2D eigenvalue weighted by Crippen LogP contribution is 2.26. The Balaban J connectivity index is 2.67. The largest absolute Gasteiger partial charge is 0.858 e. The first-order valence-electron chi connectivity index (χ1n) is 8.09. The lowest BCUT2D eigenvalue weighted by molar-refractivity contribution is -0.212. The molecule has 1 aromatic rings. The van der Waals surface area contributed by atoms with Gasteiger partial charge in [-0.25, -0.2) is 0 Å². The smallest absolute Gasteiger partial charge is 0.518 e. The van der Waals surface area contributed by atoms with Gasteiger partial charge < -0.3 is 9.84 Å². The van der Waals surface area contributed by atoms with Crippen LogP contribution in [-0.2, 0) is 10.0 Å². The highest BCUT2D eigenvalue weighted by molar-refractivity contribution is 14.1. The van der Waals surface area contributed by atoms with E-state index in [4.69, 9.17) is 4.74 Å². The molecule has 0 unspecified atom stereocenters. The highest BCUT2D eigenvalue weighted by Gasteiger charge is 2.45. The number of hydrogen-bond acceptors (Lipinski definition) is 4. The van der Waals surface area contributed by atoms with Crippen molar-refractivity contribution in [3.05, 3.63) is 27.3 Å². The van der Waals surface area contributed by atoms with Gasteiger partial charge in [-0.2, -0.15) is 26.0 Å². The van der Waals surface area contributed by atoms with Crippen LogP contribution in [0.1, 0.15) is 51.0 Å². The summed E-state index contributed by atoms with van der Waals surface area (Å²) in [6.45, 7) is 2.63. The molecule has 0 saturated carbocycles. The molecule has 0 heterocycles. The van der Waals surface area contributed by atoms with Crippen molar-refractivity contribution in [2.24, 2.45) is 4.40 Å². The third-order valence-corrected chi connectivity index (χ3v) is 5.26. The summed E-state index contributed by atoms with van der Waals surface area (Å²) >= 11 is 1.86. The SMILES string of the molecule is CCCCCCCCOc1ccc(/C([O-])=N/S(=O)(=O)C(F)(F)F)cc1I. The predicted molar refractivity (Wildman–Crippen MR) is 99.5 cm³/mol. The molecule has 0 radical (unpaired) electrons. The first kappa shape index (κ1) is 23.0. The van der Waals surface area contributed by atoms with E-state index in [2.05, 4.69) is 11.3 Å². The van der Waals surface area contributed by atoms with Crippen LogP contribution in [0.4, 0.5) is 13.2 Å². The van der Waals surface area contributed by atoms with Crippen molar-refractivity contribution >= 4 is 38.5 Å². The van der Waals surface area contributed by atoms with Gasteiger partial charge in [0.25, 0.3) is 0 Å². The Hall–Kier alpha value is -1.04. The third-order valence-electron chi connectivity index (χ3n) is 3.43. The number of unbranched alkanes of at least 4 members (excludes halogenated alkanes) is 5. The van der Waals surface area contributed by atoms with Gasteiger partial charge in [0, 0.05) is 5.90 Å². The first-order chi connectivity index (χ1) is 12.1. The van der Waals surface area contributed by atoms with Crippen LogP contribution in [0.25, 0.3) is 0 Å². The molecule has 0 aliphatic rings. The van der Waals surface area contributed by atoms with Crippen LogP contribution in [0.5, 0.6) is 5.75 Å². The van der Waals surface area contributed by atoms with Crippen molar-refractivity contribution in [2.45, 2.75) is 51.0 Å². The van der Waals surface area contributed by atoms with E-state index in [9.17, 15) is 26.7 Å². The lowest BCUT2D eigenvalue weighted by atomic mass is 10.1. The van der Waals surface area contributed by atoms with Crippen molar-refractivity contribution in [1.29, 1.82) is 0 Å². The van der Waals surface area contributed by atoms with Crippen LogP contribution in [0.3, 0.4) is 0 Å². The molecule has 0 atom stereocenters. The molecule has 26 heavy (non-hydrogen) atoms. The lowest BCUT2D eigenvalue weighted by Gasteiger charge is -2.14. The topological polar surface area (TPSA) is 78.8 Å². The summed E-state index contributed by atoms with van der Waals surface area (Å²) in [5.41, 5.74) is -5.86. The van der Waals surface area contributed by atoms with Crippen LogP contribution in [0, 0.1) is 3.57 Å². The van der Waals surface area contributed by atoms with E-state index in [1.54, 1.807) is 0 Å². The van der Waals surface area contributed by atoms with Gasteiger partial charge in [0.05, 0.1) is 10.2 Å². The van der Waals surface area contributed by atoms with Crippen LogP contribution in [0.15, 0.2) is 22.6 Å². The normalized spacial score (nSPS) is 13.0. The quantitative estimate of drug-likeness (QED) is 0.208. The zero-order valence-corrected chi connectivity index (χ0v) is 17.2. The Morgan fingerprint density at radius 2 is 1.81 bits per heavy atom. The summed E-state index contributed by atoms with van der Waals surface area (Å²) in [6, 6.07) is 3.85. The van der Waals surface area contributed by atoms with Gasteiger partial charge in [0.1, 0.15) is 5.75 Å². The minimum Gasteiger partial charge on any atom is -0.858 e. The molecule has 0 aromatic heterocycles. The molecule has 1 aromatic carbocycles. The summed E-state index contributed by atoms with van der Waals surface area (Å²) in [6.07, 6.45) is 6.63.